The first-order valence-electron chi connectivity index (χ1n) is 14.3. The number of hydrogen-bond acceptors (Lipinski definition) is 5. The average Bonchev–Trinajstić information content (AvgIpc) is 3.56. The number of nitrogens with zero attached hydrogens (tertiary/aromatic N) is 3. The topological polar surface area (TPSA) is 81.2 Å². The maximum Gasteiger partial charge on any atom is 0.251 e. The molecule has 0 saturated carbocycles. The number of aliphatic hydroxyl groups excluding tert-OH is 1. The van der Waals surface area contributed by atoms with Gasteiger partial charge in [-0.15, -0.1) is 24.9 Å². The number of fused-ring (bicyclic) bond motifs is 1. The Hall–Kier alpha value is -2.88. The normalized spacial score (nSPS) is 28.4. The first kappa shape index (κ1) is 30.6. The van der Waals surface area contributed by atoms with E-state index in [0.29, 0.717) is 13.0 Å². The third-order valence-electron chi connectivity index (χ3n) is 9.01. The molecular weight excluding hydrogens is 614 g/mol. The number of hydrogen-bond donors (Lipinski definition) is 1. The molecule has 3 unspecified atom stereocenters. The quantitative estimate of drug-likeness (QED) is 0.299. The number of alkyl halides is 1. The van der Waals surface area contributed by atoms with Gasteiger partial charge >= 0.3 is 0 Å². The van der Waals surface area contributed by atoms with Crippen LogP contribution in [0.15, 0.2) is 73.8 Å². The van der Waals surface area contributed by atoms with Gasteiger partial charge in [0.2, 0.25) is 11.8 Å². The van der Waals surface area contributed by atoms with Gasteiger partial charge in [-0.2, -0.15) is 0 Å². The van der Waals surface area contributed by atoms with Crippen molar-refractivity contribution in [2.24, 2.45) is 11.8 Å². The summed E-state index contributed by atoms with van der Waals surface area (Å²) in [4.78, 5) is 48.6. The fraction of sp³-hybridized carbons (Fsp3) is 0.424. The standard InChI is InChI=1S/C33H38BrN3O4S/c1-6-16-35(5)30(39)25-26-31(40)37(24(19-38)22-14-9-8-10-15-22)29(33(26)18-23(34)28(25)42-33)32(41)36(17-7-2)27-20(3)12-11-13-21(27)4/h6-15,23-26,28-29,38H,1-2,16-19H2,3-5H3/t23?,24-,25-,26+,28-,29?,33?/m1/s1. The van der Waals surface area contributed by atoms with Crippen molar-refractivity contribution in [1.82, 2.24) is 9.80 Å². The van der Waals surface area contributed by atoms with E-state index >= 15 is 4.79 Å². The SMILES string of the molecule is C=CCN(C)C(=O)[C@H]1[C@@H]2SC3(CC2Br)C(C(=O)N(CC=C)c2c(C)cccc2C)N([C@H](CO)c2ccccc2)C(=O)[C@H]13. The van der Waals surface area contributed by atoms with E-state index in [1.807, 2.05) is 62.4 Å². The lowest BCUT2D eigenvalue weighted by molar-refractivity contribution is -0.144. The third-order valence-corrected chi connectivity index (χ3v) is 12.2. The molecule has 3 aliphatic rings. The molecule has 3 heterocycles. The lowest BCUT2D eigenvalue weighted by atomic mass is 9.70. The van der Waals surface area contributed by atoms with Gasteiger partial charge in [0.05, 0.1) is 29.2 Å². The number of para-hydroxylation sites is 1. The Kier molecular flexibility index (Phi) is 8.75. The Morgan fingerprint density at radius 2 is 1.74 bits per heavy atom. The van der Waals surface area contributed by atoms with Gasteiger partial charge in [0.1, 0.15) is 6.04 Å². The van der Waals surface area contributed by atoms with Crippen LogP contribution in [-0.2, 0) is 14.4 Å². The second kappa shape index (κ2) is 12.0. The van der Waals surface area contributed by atoms with Gasteiger partial charge < -0.3 is 19.8 Å². The Balaban J connectivity index is 1.69. The summed E-state index contributed by atoms with van der Waals surface area (Å²) in [6, 6.07) is 13.6. The molecule has 222 valence electrons. The number of benzene rings is 2. The lowest BCUT2D eigenvalue weighted by Gasteiger charge is -2.40. The number of thioether (sulfide) groups is 1. The molecule has 1 spiro atoms. The van der Waals surface area contributed by atoms with Crippen molar-refractivity contribution < 1.29 is 19.5 Å². The molecule has 2 aromatic rings. The summed E-state index contributed by atoms with van der Waals surface area (Å²) in [6.45, 7) is 11.9. The summed E-state index contributed by atoms with van der Waals surface area (Å²) >= 11 is 5.44. The zero-order valence-corrected chi connectivity index (χ0v) is 26.7. The molecule has 5 rings (SSSR count). The van der Waals surface area contributed by atoms with Crippen LogP contribution in [0.3, 0.4) is 0 Å². The zero-order valence-electron chi connectivity index (χ0n) is 24.3. The van der Waals surface area contributed by atoms with E-state index in [0.717, 1.165) is 22.4 Å². The van der Waals surface area contributed by atoms with Crippen molar-refractivity contribution in [3.8, 4) is 0 Å². The van der Waals surface area contributed by atoms with Crippen molar-refractivity contribution >= 4 is 51.1 Å². The molecule has 1 N–H and O–H groups in total. The van der Waals surface area contributed by atoms with Crippen LogP contribution in [0.2, 0.25) is 0 Å². The number of rotatable bonds is 10. The molecular formula is C33H38BrN3O4S. The molecule has 7 nitrogen and oxygen atoms in total. The Bertz CT molecular complexity index is 1380. The summed E-state index contributed by atoms with van der Waals surface area (Å²) in [5.74, 6) is -1.90. The highest BCUT2D eigenvalue weighted by atomic mass is 79.9. The maximum atomic E-state index is 15.1. The van der Waals surface area contributed by atoms with Crippen LogP contribution in [0, 0.1) is 25.7 Å². The summed E-state index contributed by atoms with van der Waals surface area (Å²) in [5.41, 5.74) is 3.42. The van der Waals surface area contributed by atoms with E-state index in [9.17, 15) is 14.7 Å². The van der Waals surface area contributed by atoms with Crippen LogP contribution in [0.1, 0.15) is 29.2 Å². The molecule has 3 fully saturated rings. The highest BCUT2D eigenvalue weighted by molar-refractivity contribution is 9.09. The fourth-order valence-corrected chi connectivity index (χ4v) is 10.9. The number of halogens is 1. The minimum absolute atomic E-state index is 0.0507. The van der Waals surface area contributed by atoms with Gasteiger partial charge in [0.25, 0.3) is 5.91 Å². The molecule has 0 radical (unpaired) electrons. The lowest BCUT2D eigenvalue weighted by Crippen LogP contribution is -2.56. The second-order valence-electron chi connectivity index (χ2n) is 11.5. The minimum atomic E-state index is -0.899. The molecule has 9 heteroatoms. The first-order chi connectivity index (χ1) is 20.1. The zero-order chi connectivity index (χ0) is 30.3. The number of carbonyl (C=O) groups is 3. The van der Waals surface area contributed by atoms with Crippen LogP contribution in [0.4, 0.5) is 5.69 Å². The van der Waals surface area contributed by atoms with E-state index in [-0.39, 0.29) is 41.0 Å². The van der Waals surface area contributed by atoms with Gasteiger partial charge in [0, 0.05) is 35.9 Å². The van der Waals surface area contributed by atoms with Crippen LogP contribution in [0.5, 0.6) is 0 Å². The maximum absolute atomic E-state index is 15.1. The smallest absolute Gasteiger partial charge is 0.251 e. The Morgan fingerprint density at radius 1 is 1.10 bits per heavy atom. The molecule has 0 aromatic heterocycles. The van der Waals surface area contributed by atoms with Gasteiger partial charge in [-0.3, -0.25) is 14.4 Å². The molecule has 2 bridgehead atoms. The number of carbonyl (C=O) groups excluding carboxylic acids is 3. The number of aryl methyl sites for hydroxylation is 2. The molecule has 2 aromatic carbocycles. The summed E-state index contributed by atoms with van der Waals surface area (Å²) in [5, 5.41) is 10.6. The highest BCUT2D eigenvalue weighted by Gasteiger charge is 2.76. The third kappa shape index (κ3) is 4.74. The van der Waals surface area contributed by atoms with E-state index in [1.165, 1.54) is 0 Å². The van der Waals surface area contributed by atoms with Gasteiger partial charge in [-0.25, -0.2) is 0 Å². The van der Waals surface area contributed by atoms with Crippen molar-refractivity contribution in [2.75, 3.05) is 31.6 Å². The number of aliphatic hydroxyl groups is 1. The predicted octanol–water partition coefficient (Wildman–Crippen LogP) is 4.67. The monoisotopic (exact) mass is 651 g/mol. The number of likely N-dealkylation sites (N-methyl/N-ethyl adjacent to an activating group) is 1. The summed E-state index contributed by atoms with van der Waals surface area (Å²) < 4.78 is -0.847. The van der Waals surface area contributed by atoms with Gasteiger partial charge in [0.15, 0.2) is 0 Å². The summed E-state index contributed by atoms with van der Waals surface area (Å²) in [6.07, 6.45) is 3.93. The van der Waals surface area contributed by atoms with Crippen LogP contribution in [-0.4, -0.2) is 80.2 Å². The van der Waals surface area contributed by atoms with E-state index in [1.54, 1.807) is 45.7 Å². The van der Waals surface area contributed by atoms with Gasteiger partial charge in [-0.05, 0) is 37.0 Å². The van der Waals surface area contributed by atoms with Crippen LogP contribution in [0.25, 0.3) is 0 Å². The van der Waals surface area contributed by atoms with E-state index in [2.05, 4.69) is 29.1 Å². The molecule has 0 aliphatic carbocycles. The Morgan fingerprint density at radius 3 is 2.33 bits per heavy atom. The van der Waals surface area contributed by atoms with Crippen LogP contribution < -0.4 is 4.90 Å². The molecule has 3 amide bonds. The van der Waals surface area contributed by atoms with Crippen molar-refractivity contribution in [3.63, 3.8) is 0 Å². The van der Waals surface area contributed by atoms with Crippen molar-refractivity contribution in [3.05, 3.63) is 90.5 Å². The van der Waals surface area contributed by atoms with E-state index < -0.39 is 28.7 Å². The van der Waals surface area contributed by atoms with Gasteiger partial charge in [-0.1, -0.05) is 76.6 Å². The minimum Gasteiger partial charge on any atom is -0.394 e. The Labute approximate surface area is 260 Å². The first-order valence-corrected chi connectivity index (χ1v) is 16.1. The number of amides is 3. The van der Waals surface area contributed by atoms with E-state index in [4.69, 9.17) is 0 Å². The second-order valence-corrected chi connectivity index (χ2v) is 14.2. The van der Waals surface area contributed by atoms with Crippen LogP contribution >= 0.6 is 27.7 Å². The average molecular weight is 653 g/mol. The van der Waals surface area contributed by atoms with Crippen molar-refractivity contribution in [1.29, 1.82) is 0 Å². The highest BCUT2D eigenvalue weighted by Crippen LogP contribution is 2.68. The summed E-state index contributed by atoms with van der Waals surface area (Å²) in [7, 11) is 1.73. The van der Waals surface area contributed by atoms with Crippen molar-refractivity contribution in [2.45, 2.75) is 47.2 Å². The fourth-order valence-electron chi connectivity index (χ4n) is 7.33. The molecule has 3 aliphatic heterocycles. The number of likely N-dealkylation sites (tertiary alicyclic amines) is 1. The number of anilines is 1. The predicted molar refractivity (Wildman–Crippen MR) is 172 cm³/mol. The molecule has 42 heavy (non-hydrogen) atoms. The molecule has 3 saturated heterocycles. The molecule has 7 atom stereocenters. The largest absolute Gasteiger partial charge is 0.394 e.